The molecule has 20 heavy (non-hydrogen) atoms. The second kappa shape index (κ2) is 6.43. The van der Waals surface area contributed by atoms with Crippen molar-refractivity contribution in [1.29, 1.82) is 0 Å². The zero-order valence-electron chi connectivity index (χ0n) is 11.6. The summed E-state index contributed by atoms with van der Waals surface area (Å²) in [5.74, 6) is -0.318. The van der Waals surface area contributed by atoms with E-state index >= 15 is 0 Å². The first-order chi connectivity index (χ1) is 9.21. The number of amides is 1. The van der Waals surface area contributed by atoms with E-state index in [-0.39, 0.29) is 34.6 Å². The van der Waals surface area contributed by atoms with E-state index in [0.29, 0.717) is 0 Å². The van der Waals surface area contributed by atoms with Gasteiger partial charge in [-0.3, -0.25) is 4.79 Å². The van der Waals surface area contributed by atoms with E-state index in [2.05, 4.69) is 0 Å². The van der Waals surface area contributed by atoms with Gasteiger partial charge in [-0.15, -0.1) is 0 Å². The molecule has 1 rings (SSSR count). The highest BCUT2D eigenvalue weighted by Crippen LogP contribution is 2.29. The fourth-order valence-electron chi connectivity index (χ4n) is 1.59. The fraction of sp³-hybridized carbons (Fsp3) is 0.417. The van der Waals surface area contributed by atoms with Gasteiger partial charge in [0.2, 0.25) is 15.9 Å². The van der Waals surface area contributed by atoms with Crippen molar-refractivity contribution in [3.8, 4) is 0 Å². The van der Waals surface area contributed by atoms with Crippen LogP contribution in [-0.2, 0) is 14.8 Å². The van der Waals surface area contributed by atoms with Crippen LogP contribution in [0.5, 0.6) is 0 Å². The number of nitrogens with zero attached hydrogens (tertiary/aromatic N) is 2. The number of halogens is 1. The Balaban J connectivity index is 3.23. The lowest BCUT2D eigenvalue weighted by Crippen LogP contribution is -2.40. The van der Waals surface area contributed by atoms with Crippen molar-refractivity contribution in [1.82, 2.24) is 9.21 Å². The topological polar surface area (TPSA) is 83.7 Å². The Hall–Kier alpha value is -1.31. The average molecular weight is 320 g/mol. The molecule has 6 nitrogen and oxygen atoms in total. The van der Waals surface area contributed by atoms with Gasteiger partial charge >= 0.3 is 0 Å². The third kappa shape index (κ3) is 3.41. The maximum absolute atomic E-state index is 12.6. The Bertz CT molecular complexity index is 582. The third-order valence-electron chi connectivity index (χ3n) is 2.76. The third-order valence-corrected chi connectivity index (χ3v) is 5.22. The van der Waals surface area contributed by atoms with Crippen LogP contribution in [0.4, 0.5) is 5.69 Å². The van der Waals surface area contributed by atoms with Crippen LogP contribution in [0.3, 0.4) is 0 Å². The molecule has 0 aromatic heterocycles. The summed E-state index contributed by atoms with van der Waals surface area (Å²) in [7, 11) is -0.788. The summed E-state index contributed by atoms with van der Waals surface area (Å²) in [5.41, 5.74) is 5.77. The highest BCUT2D eigenvalue weighted by Gasteiger charge is 2.29. The Kier molecular flexibility index (Phi) is 5.38. The summed E-state index contributed by atoms with van der Waals surface area (Å²) >= 11 is 5.93. The van der Waals surface area contributed by atoms with E-state index in [9.17, 15) is 13.2 Å². The first-order valence-electron chi connectivity index (χ1n) is 5.96. The van der Waals surface area contributed by atoms with Gasteiger partial charge in [0.05, 0.1) is 17.3 Å². The average Bonchev–Trinajstić information content (AvgIpc) is 2.34. The van der Waals surface area contributed by atoms with E-state index in [1.165, 1.54) is 17.0 Å². The van der Waals surface area contributed by atoms with Gasteiger partial charge in [0.1, 0.15) is 4.90 Å². The molecule has 0 atom stereocenters. The highest BCUT2D eigenvalue weighted by atomic mass is 35.5. The second-order valence-corrected chi connectivity index (χ2v) is 6.66. The molecular weight excluding hydrogens is 302 g/mol. The molecule has 0 spiro atoms. The van der Waals surface area contributed by atoms with Gasteiger partial charge < -0.3 is 10.6 Å². The Morgan fingerprint density at radius 2 is 1.95 bits per heavy atom. The number of nitrogens with two attached hydrogens (primary N) is 1. The number of nitrogen functional groups attached to an aromatic ring is 1. The van der Waals surface area contributed by atoms with Crippen molar-refractivity contribution in [3.63, 3.8) is 0 Å². The lowest BCUT2D eigenvalue weighted by molar-refractivity contribution is -0.128. The number of sulfonamides is 1. The molecule has 0 aliphatic rings. The minimum Gasteiger partial charge on any atom is -0.398 e. The summed E-state index contributed by atoms with van der Waals surface area (Å²) in [5, 5.41) is 0.0424. The molecule has 0 aliphatic carbocycles. The number of benzene rings is 1. The molecule has 0 bridgehead atoms. The molecule has 1 aromatic rings. The van der Waals surface area contributed by atoms with Gasteiger partial charge in [-0.25, -0.2) is 8.42 Å². The maximum atomic E-state index is 12.6. The molecule has 0 saturated carbocycles. The molecule has 2 N–H and O–H groups in total. The van der Waals surface area contributed by atoms with Crippen molar-refractivity contribution in [3.05, 3.63) is 23.2 Å². The SMILES string of the molecule is CCN(CC(=O)N(C)C)S(=O)(=O)c1c(N)cccc1Cl. The van der Waals surface area contributed by atoms with Crippen LogP contribution in [0.25, 0.3) is 0 Å². The molecule has 112 valence electrons. The van der Waals surface area contributed by atoms with E-state index < -0.39 is 10.0 Å². The summed E-state index contributed by atoms with van der Waals surface area (Å²) in [6.07, 6.45) is 0. The molecule has 1 amide bonds. The fourth-order valence-corrected chi connectivity index (χ4v) is 3.62. The second-order valence-electron chi connectivity index (χ2n) is 4.38. The lowest BCUT2D eigenvalue weighted by atomic mass is 10.3. The van der Waals surface area contributed by atoms with Crippen molar-refractivity contribution in [2.24, 2.45) is 0 Å². The number of rotatable bonds is 5. The largest absolute Gasteiger partial charge is 0.398 e. The van der Waals surface area contributed by atoms with Crippen LogP contribution in [0.1, 0.15) is 6.92 Å². The molecule has 8 heteroatoms. The smallest absolute Gasteiger partial charge is 0.247 e. The Morgan fingerprint density at radius 1 is 1.35 bits per heavy atom. The maximum Gasteiger partial charge on any atom is 0.247 e. The molecule has 0 unspecified atom stereocenters. The van der Waals surface area contributed by atoms with Crippen LogP contribution in [0.15, 0.2) is 23.1 Å². The van der Waals surface area contributed by atoms with E-state index in [0.717, 1.165) is 4.31 Å². The number of carbonyl (C=O) groups excluding carboxylic acids is 1. The van der Waals surface area contributed by atoms with Gasteiger partial charge in [-0.1, -0.05) is 24.6 Å². The van der Waals surface area contributed by atoms with Crippen molar-refractivity contribution >= 4 is 33.2 Å². The van der Waals surface area contributed by atoms with Crippen LogP contribution >= 0.6 is 11.6 Å². The molecule has 0 aliphatic heterocycles. The lowest BCUT2D eigenvalue weighted by Gasteiger charge is -2.23. The number of hydrogen-bond acceptors (Lipinski definition) is 4. The Labute approximate surface area is 124 Å². The first-order valence-corrected chi connectivity index (χ1v) is 7.78. The van der Waals surface area contributed by atoms with Gasteiger partial charge in [-0.2, -0.15) is 4.31 Å². The molecular formula is C12H18ClN3O3S. The zero-order chi connectivity index (χ0) is 15.5. The highest BCUT2D eigenvalue weighted by molar-refractivity contribution is 7.89. The standard InChI is InChI=1S/C12H18ClN3O3S/c1-4-16(8-11(17)15(2)3)20(18,19)12-9(13)6-5-7-10(12)14/h5-7H,4,8,14H2,1-3H3. The summed E-state index contributed by atoms with van der Waals surface area (Å²) in [6, 6.07) is 4.48. The van der Waals surface area contributed by atoms with Crippen LogP contribution in [-0.4, -0.2) is 50.7 Å². The predicted octanol–water partition coefficient (Wildman–Crippen LogP) is 1.02. The van der Waals surface area contributed by atoms with E-state index in [1.54, 1.807) is 27.1 Å². The zero-order valence-corrected chi connectivity index (χ0v) is 13.2. The monoisotopic (exact) mass is 319 g/mol. The van der Waals surface area contributed by atoms with Gasteiger partial charge in [0.25, 0.3) is 0 Å². The van der Waals surface area contributed by atoms with Gasteiger partial charge in [0.15, 0.2) is 0 Å². The summed E-state index contributed by atoms with van der Waals surface area (Å²) < 4.78 is 26.2. The van der Waals surface area contributed by atoms with Gasteiger partial charge in [0, 0.05) is 20.6 Å². The van der Waals surface area contributed by atoms with Crippen LogP contribution in [0, 0.1) is 0 Å². The normalized spacial score (nSPS) is 11.7. The van der Waals surface area contributed by atoms with E-state index in [1.807, 2.05) is 0 Å². The quantitative estimate of drug-likeness (QED) is 0.821. The van der Waals surface area contributed by atoms with Crippen molar-refractivity contribution < 1.29 is 13.2 Å². The summed E-state index contributed by atoms with van der Waals surface area (Å²) in [4.78, 5) is 12.9. The van der Waals surface area contributed by atoms with Crippen LogP contribution < -0.4 is 5.73 Å². The number of hydrogen-bond donors (Lipinski definition) is 1. The van der Waals surface area contributed by atoms with Gasteiger partial charge in [-0.05, 0) is 12.1 Å². The Morgan fingerprint density at radius 3 is 2.40 bits per heavy atom. The summed E-state index contributed by atoms with van der Waals surface area (Å²) in [6.45, 7) is 1.54. The van der Waals surface area contributed by atoms with E-state index in [4.69, 9.17) is 17.3 Å². The molecule has 0 fully saturated rings. The van der Waals surface area contributed by atoms with Crippen molar-refractivity contribution in [2.45, 2.75) is 11.8 Å². The van der Waals surface area contributed by atoms with Crippen LogP contribution in [0.2, 0.25) is 5.02 Å². The number of carbonyl (C=O) groups is 1. The van der Waals surface area contributed by atoms with Crippen molar-refractivity contribution in [2.75, 3.05) is 32.9 Å². The minimum atomic E-state index is -3.91. The number of anilines is 1. The number of likely N-dealkylation sites (N-methyl/N-ethyl adjacent to an activating group) is 2. The predicted molar refractivity (Wildman–Crippen MR) is 79.0 cm³/mol. The molecule has 0 radical (unpaired) electrons. The molecule has 0 saturated heterocycles. The molecule has 1 aromatic carbocycles. The minimum absolute atomic E-state index is 0.0424. The molecule has 0 heterocycles. The first kappa shape index (κ1) is 16.7.